The number of nitrogens with zero attached hydrogens (tertiary/aromatic N) is 1. The first-order valence-electron chi connectivity index (χ1n) is 9.31. The molecule has 0 radical (unpaired) electrons. The topological polar surface area (TPSA) is 61.4 Å². The van der Waals surface area contributed by atoms with Crippen molar-refractivity contribution < 1.29 is 14.0 Å². The number of nitrogens with one attached hydrogen (secondary N) is 2. The van der Waals surface area contributed by atoms with E-state index in [4.69, 9.17) is 11.6 Å². The van der Waals surface area contributed by atoms with Crippen molar-refractivity contribution >= 4 is 29.1 Å². The molecule has 1 aromatic carbocycles. The van der Waals surface area contributed by atoms with Gasteiger partial charge in [0.1, 0.15) is 5.82 Å². The summed E-state index contributed by atoms with van der Waals surface area (Å²) in [5.74, 6) is -1.76. The van der Waals surface area contributed by atoms with Crippen LogP contribution < -0.4 is 10.6 Å². The largest absolute Gasteiger partial charge is 0.347 e. The quantitative estimate of drug-likeness (QED) is 0.787. The van der Waals surface area contributed by atoms with Crippen molar-refractivity contribution in [1.29, 1.82) is 0 Å². The van der Waals surface area contributed by atoms with Crippen LogP contribution in [0.3, 0.4) is 0 Å². The molecule has 0 aromatic heterocycles. The Morgan fingerprint density at radius 2 is 1.92 bits per heavy atom. The summed E-state index contributed by atoms with van der Waals surface area (Å²) in [6.45, 7) is 2.54. The molecular weight excluding hydrogens is 357 g/mol. The lowest BCUT2D eigenvalue weighted by Crippen LogP contribution is -2.39. The van der Waals surface area contributed by atoms with Gasteiger partial charge in [-0.2, -0.15) is 0 Å². The molecule has 7 heteroatoms. The zero-order valence-corrected chi connectivity index (χ0v) is 15.5. The summed E-state index contributed by atoms with van der Waals surface area (Å²) < 4.78 is 13.4. The highest BCUT2D eigenvalue weighted by Crippen LogP contribution is 2.27. The van der Waals surface area contributed by atoms with Gasteiger partial charge >= 0.3 is 11.8 Å². The summed E-state index contributed by atoms with van der Waals surface area (Å²) in [5, 5.41) is 5.05. The Hall–Kier alpha value is -1.66. The van der Waals surface area contributed by atoms with E-state index in [1.165, 1.54) is 44.2 Å². The molecule has 1 saturated carbocycles. The third kappa shape index (κ3) is 4.95. The van der Waals surface area contributed by atoms with E-state index >= 15 is 0 Å². The molecule has 1 unspecified atom stereocenters. The van der Waals surface area contributed by atoms with Gasteiger partial charge in [-0.1, -0.05) is 30.9 Å². The fourth-order valence-electron chi connectivity index (χ4n) is 3.89. The standard InChI is InChI=1S/C19H25ClFN3O2/c20-16-7-6-14(10-17(16)21)23-19(26)18(25)22-11-13-8-9-24(12-13)15-4-2-1-3-5-15/h6-7,10,13,15H,1-5,8-9,11-12H2,(H,22,25)(H,23,26). The highest BCUT2D eigenvalue weighted by molar-refractivity contribution is 6.39. The van der Waals surface area contributed by atoms with E-state index in [2.05, 4.69) is 15.5 Å². The van der Waals surface area contributed by atoms with Crippen LogP contribution in [-0.4, -0.2) is 42.4 Å². The lowest BCUT2D eigenvalue weighted by Gasteiger charge is -2.31. The maximum absolute atomic E-state index is 13.4. The van der Waals surface area contributed by atoms with Gasteiger partial charge in [0.25, 0.3) is 0 Å². The second-order valence-corrected chi connectivity index (χ2v) is 7.64. The second kappa shape index (κ2) is 8.82. The van der Waals surface area contributed by atoms with Gasteiger partial charge in [0, 0.05) is 24.8 Å². The molecule has 0 spiro atoms. The van der Waals surface area contributed by atoms with Crippen LogP contribution in [0.2, 0.25) is 5.02 Å². The number of hydrogen-bond acceptors (Lipinski definition) is 3. The van der Waals surface area contributed by atoms with Crippen LogP contribution in [0.4, 0.5) is 10.1 Å². The molecule has 1 aliphatic carbocycles. The van der Waals surface area contributed by atoms with Gasteiger partial charge in [0.15, 0.2) is 0 Å². The molecule has 1 heterocycles. The van der Waals surface area contributed by atoms with Crippen molar-refractivity contribution in [1.82, 2.24) is 10.2 Å². The Labute approximate surface area is 158 Å². The summed E-state index contributed by atoms with van der Waals surface area (Å²) in [4.78, 5) is 26.5. The fraction of sp³-hybridized carbons (Fsp3) is 0.579. The number of carbonyl (C=O) groups is 2. The molecule has 0 bridgehead atoms. The molecule has 26 heavy (non-hydrogen) atoms. The van der Waals surface area contributed by atoms with Crippen molar-refractivity contribution in [3.63, 3.8) is 0 Å². The average molecular weight is 382 g/mol. The molecule has 2 N–H and O–H groups in total. The molecule has 3 rings (SSSR count). The SMILES string of the molecule is O=C(NCC1CCN(C2CCCCC2)C1)C(=O)Nc1ccc(Cl)c(F)c1. The average Bonchev–Trinajstić information content (AvgIpc) is 3.12. The lowest BCUT2D eigenvalue weighted by atomic mass is 9.94. The zero-order chi connectivity index (χ0) is 18.5. The molecule has 142 valence electrons. The minimum Gasteiger partial charge on any atom is -0.347 e. The third-order valence-electron chi connectivity index (χ3n) is 5.34. The van der Waals surface area contributed by atoms with E-state index in [0.717, 1.165) is 25.6 Å². The summed E-state index contributed by atoms with van der Waals surface area (Å²) in [6, 6.07) is 4.57. The number of rotatable bonds is 4. The van der Waals surface area contributed by atoms with Crippen molar-refractivity contribution in [2.45, 2.75) is 44.6 Å². The number of carbonyl (C=O) groups excluding carboxylic acids is 2. The maximum Gasteiger partial charge on any atom is 0.313 e. The number of anilines is 1. The van der Waals surface area contributed by atoms with E-state index in [-0.39, 0.29) is 10.7 Å². The lowest BCUT2D eigenvalue weighted by molar-refractivity contribution is -0.136. The van der Waals surface area contributed by atoms with Gasteiger partial charge in [-0.25, -0.2) is 4.39 Å². The zero-order valence-electron chi connectivity index (χ0n) is 14.8. The van der Waals surface area contributed by atoms with Crippen LogP contribution >= 0.6 is 11.6 Å². The number of amides is 2. The molecule has 2 fully saturated rings. The molecule has 1 aliphatic heterocycles. The highest BCUT2D eigenvalue weighted by atomic mass is 35.5. The Bertz CT molecular complexity index is 664. The first-order chi connectivity index (χ1) is 12.5. The summed E-state index contributed by atoms with van der Waals surface area (Å²) in [5.41, 5.74) is 0.205. The van der Waals surface area contributed by atoms with Gasteiger partial charge in [0.05, 0.1) is 5.02 Å². The molecule has 5 nitrogen and oxygen atoms in total. The molecule has 2 amide bonds. The van der Waals surface area contributed by atoms with Gasteiger partial charge in [0.2, 0.25) is 0 Å². The molecule has 1 aromatic rings. The van der Waals surface area contributed by atoms with Crippen LogP contribution in [0, 0.1) is 11.7 Å². The Kier molecular flexibility index (Phi) is 6.48. The van der Waals surface area contributed by atoms with E-state index < -0.39 is 17.6 Å². The fourth-order valence-corrected chi connectivity index (χ4v) is 4.00. The van der Waals surface area contributed by atoms with Crippen LogP contribution in [0.5, 0.6) is 0 Å². The van der Waals surface area contributed by atoms with E-state index in [1.807, 2.05) is 0 Å². The maximum atomic E-state index is 13.4. The Morgan fingerprint density at radius 1 is 1.15 bits per heavy atom. The van der Waals surface area contributed by atoms with E-state index in [0.29, 0.717) is 18.5 Å². The van der Waals surface area contributed by atoms with E-state index in [1.54, 1.807) is 0 Å². The summed E-state index contributed by atoms with van der Waals surface area (Å²) >= 11 is 5.60. The van der Waals surface area contributed by atoms with Crippen molar-refractivity contribution in [3.8, 4) is 0 Å². The summed E-state index contributed by atoms with van der Waals surface area (Å²) in [6.07, 6.45) is 7.57. The third-order valence-corrected chi connectivity index (χ3v) is 5.65. The van der Waals surface area contributed by atoms with Crippen LogP contribution in [0.1, 0.15) is 38.5 Å². The predicted molar refractivity (Wildman–Crippen MR) is 99.6 cm³/mol. The number of halogens is 2. The van der Waals surface area contributed by atoms with E-state index in [9.17, 15) is 14.0 Å². The minimum absolute atomic E-state index is 0.0313. The van der Waals surface area contributed by atoms with Crippen molar-refractivity contribution in [3.05, 3.63) is 29.0 Å². The first kappa shape index (κ1) is 19.1. The molecule has 2 aliphatic rings. The molecule has 1 saturated heterocycles. The normalized spacial score (nSPS) is 21.5. The van der Waals surface area contributed by atoms with Gasteiger partial charge in [-0.15, -0.1) is 0 Å². The smallest absolute Gasteiger partial charge is 0.313 e. The first-order valence-corrected chi connectivity index (χ1v) is 9.69. The van der Waals surface area contributed by atoms with Crippen molar-refractivity contribution in [2.24, 2.45) is 5.92 Å². The predicted octanol–water partition coefficient (Wildman–Crippen LogP) is 3.19. The highest BCUT2D eigenvalue weighted by Gasteiger charge is 2.29. The van der Waals surface area contributed by atoms with Crippen LogP contribution in [0.25, 0.3) is 0 Å². The second-order valence-electron chi connectivity index (χ2n) is 7.23. The molecular formula is C19H25ClFN3O2. The Morgan fingerprint density at radius 3 is 2.65 bits per heavy atom. The number of benzene rings is 1. The van der Waals surface area contributed by atoms with Crippen molar-refractivity contribution in [2.75, 3.05) is 25.0 Å². The van der Waals surface area contributed by atoms with Crippen LogP contribution in [-0.2, 0) is 9.59 Å². The number of likely N-dealkylation sites (tertiary alicyclic amines) is 1. The van der Waals surface area contributed by atoms with Gasteiger partial charge < -0.3 is 15.5 Å². The van der Waals surface area contributed by atoms with Gasteiger partial charge in [-0.05, 0) is 49.9 Å². The van der Waals surface area contributed by atoms with Gasteiger partial charge in [-0.3, -0.25) is 9.59 Å². The number of hydrogen-bond donors (Lipinski definition) is 2. The van der Waals surface area contributed by atoms with Crippen LogP contribution in [0.15, 0.2) is 18.2 Å². The molecule has 1 atom stereocenters. The monoisotopic (exact) mass is 381 g/mol. The minimum atomic E-state index is -0.797. The summed E-state index contributed by atoms with van der Waals surface area (Å²) in [7, 11) is 0. The Balaban J connectivity index is 1.42.